The maximum Gasteiger partial charge on any atom is 0.349 e. The maximum absolute atomic E-state index is 12.5. The van der Waals surface area contributed by atoms with Gasteiger partial charge in [0.25, 0.3) is 0 Å². The number of aliphatic hydroxyl groups is 4. The van der Waals surface area contributed by atoms with Crippen LogP contribution in [0.1, 0.15) is 12.8 Å². The van der Waals surface area contributed by atoms with Gasteiger partial charge in [0, 0.05) is 1.37 Å². The van der Waals surface area contributed by atoms with Crippen LogP contribution < -0.4 is 11.5 Å². The van der Waals surface area contributed by atoms with Gasteiger partial charge in [0.05, 0.1) is 25.7 Å². The van der Waals surface area contributed by atoms with Gasteiger partial charge in [-0.05, 0) is 5.56 Å². The zero-order chi connectivity index (χ0) is 20.6. The van der Waals surface area contributed by atoms with Crippen LogP contribution in [0.15, 0.2) is 30.3 Å². The van der Waals surface area contributed by atoms with Crippen molar-refractivity contribution in [1.82, 2.24) is 0 Å². The third kappa shape index (κ3) is 3.47. The third-order valence-electron chi connectivity index (χ3n) is 4.34. The van der Waals surface area contributed by atoms with E-state index in [9.17, 15) is 20.1 Å². The molecule has 0 radical (unpaired) electrons. The summed E-state index contributed by atoms with van der Waals surface area (Å²) in [5.41, 5.74) is 9.76. The Kier molecular flexibility index (Phi) is 5.85. The molecule has 0 aliphatic carbocycles. The van der Waals surface area contributed by atoms with Crippen LogP contribution in [0, 0.1) is 0 Å². The second-order valence-electron chi connectivity index (χ2n) is 6.10. The summed E-state index contributed by atoms with van der Waals surface area (Å²) in [5.74, 6) is -3.48. The highest BCUT2D eigenvalue weighted by Gasteiger charge is 2.63. The highest BCUT2D eigenvalue weighted by Crippen LogP contribution is 2.47. The zero-order valence-corrected chi connectivity index (χ0v) is 14.9. The predicted octanol–water partition coefficient (Wildman–Crippen LogP) is -2.34. The molecule has 0 aromatic heterocycles. The summed E-state index contributed by atoms with van der Waals surface area (Å²) >= 11 is 4.20. The van der Waals surface area contributed by atoms with E-state index < -0.39 is 53.5 Å². The first-order valence-electron chi connectivity index (χ1n) is 8.25. The van der Waals surface area contributed by atoms with Gasteiger partial charge in [0.15, 0.2) is 0 Å². The van der Waals surface area contributed by atoms with Gasteiger partial charge >= 0.3 is 5.97 Å². The molecule has 1 heterocycles. The first kappa shape index (κ1) is 19.5. The summed E-state index contributed by atoms with van der Waals surface area (Å²) in [6.07, 6.45) is -7.40. The molecule has 1 aliphatic rings. The number of esters is 1. The molecule has 1 saturated heterocycles. The monoisotopic (exact) mass is 389 g/mol. The largest absolute Gasteiger partial charge is 0.466 e. The van der Waals surface area contributed by atoms with Crippen LogP contribution >= 0.6 is 12.6 Å². The molecule has 0 bridgehead atoms. The number of rotatable bonds is 5. The number of hydrogen-bond donors (Lipinski definition) is 7. The van der Waals surface area contributed by atoms with Crippen LogP contribution in [0.5, 0.6) is 0 Å². The van der Waals surface area contributed by atoms with Gasteiger partial charge in [-0.3, -0.25) is 0 Å². The molecule has 26 heavy (non-hydrogen) atoms. The minimum Gasteiger partial charge on any atom is -0.466 e. The minimum atomic E-state index is -2.45. The second kappa shape index (κ2) is 7.79. The van der Waals surface area contributed by atoms with Crippen molar-refractivity contribution in [3.05, 3.63) is 35.9 Å². The van der Waals surface area contributed by atoms with Gasteiger partial charge in [-0.1, -0.05) is 30.3 Å². The molecule has 1 fully saturated rings. The van der Waals surface area contributed by atoms with Crippen molar-refractivity contribution >= 4 is 18.6 Å². The number of benzene rings is 1. The number of ether oxygens (including phenoxy) is 2. The van der Waals surface area contributed by atoms with E-state index in [1.807, 2.05) is 0 Å². The first-order valence-corrected chi connectivity index (χ1v) is 8.20. The third-order valence-corrected chi connectivity index (χ3v) is 4.87. The van der Waals surface area contributed by atoms with Gasteiger partial charge < -0.3 is 41.4 Å². The lowest BCUT2D eigenvalue weighted by Gasteiger charge is -2.53. The van der Waals surface area contributed by atoms with E-state index in [1.165, 1.54) is 12.1 Å². The average molecular weight is 389 g/mol. The Morgan fingerprint density at radius 3 is 2.50 bits per heavy atom. The number of thiol groups is 1. The smallest absolute Gasteiger partial charge is 0.349 e. The lowest BCUT2D eigenvalue weighted by atomic mass is 9.75. The van der Waals surface area contributed by atoms with Gasteiger partial charge in [0.1, 0.15) is 24.0 Å². The molecule has 0 spiro atoms. The van der Waals surface area contributed by atoms with Crippen LogP contribution in [0.4, 0.5) is 0 Å². The molecule has 6 atom stereocenters. The lowest BCUT2D eigenvalue weighted by Crippen LogP contribution is -2.78. The molecule has 1 aliphatic heterocycles. The summed E-state index contributed by atoms with van der Waals surface area (Å²) in [6, 6.07) is 7.68. The lowest BCUT2D eigenvalue weighted by molar-refractivity contribution is -0.229. The van der Waals surface area contributed by atoms with Gasteiger partial charge in [-0.25, -0.2) is 4.79 Å². The van der Waals surface area contributed by atoms with E-state index in [0.717, 1.165) is 7.11 Å². The highest BCUT2D eigenvalue weighted by molar-refractivity contribution is 7.82. The van der Waals surface area contributed by atoms with Crippen LogP contribution in [-0.2, 0) is 14.3 Å². The van der Waals surface area contributed by atoms with Crippen LogP contribution in [0.25, 0.3) is 0 Å². The molecule has 2 rings (SSSR count). The number of carbonyl (C=O) groups is 1. The zero-order valence-electron chi connectivity index (χ0n) is 15.0. The molecular weight excluding hydrogens is 364 g/mol. The number of methoxy groups -OCH3 is 1. The molecule has 0 saturated carbocycles. The summed E-state index contributed by atoms with van der Waals surface area (Å²) < 4.78 is 19.1. The molecule has 146 valence electrons. The number of nitrogens with two attached hydrogens (primary N) is 2. The van der Waals surface area contributed by atoms with Gasteiger partial charge in [-0.2, -0.15) is 0 Å². The van der Waals surface area contributed by atoms with E-state index >= 15 is 0 Å². The van der Waals surface area contributed by atoms with Crippen LogP contribution in [0.3, 0.4) is 0 Å². The van der Waals surface area contributed by atoms with Crippen LogP contribution in [0.2, 0.25) is 0 Å². The van der Waals surface area contributed by atoms with Crippen molar-refractivity contribution in [1.29, 1.82) is 0 Å². The Balaban J connectivity index is 2.67. The Morgan fingerprint density at radius 2 is 2.00 bits per heavy atom. The fourth-order valence-electron chi connectivity index (χ4n) is 2.88. The SMILES string of the molecule is [2H]C1(c2ccccc2)[C@H](O)C(N)(N)[C@H]([C@H](O)[C@H](O)CO)OC1(S)C(=O)OC. The fourth-order valence-corrected chi connectivity index (χ4v) is 3.34. The molecule has 8 N–H and O–H groups in total. The average Bonchev–Trinajstić information content (AvgIpc) is 2.68. The van der Waals surface area contributed by atoms with Crippen molar-refractivity contribution in [3.63, 3.8) is 0 Å². The van der Waals surface area contributed by atoms with E-state index in [1.54, 1.807) is 18.2 Å². The van der Waals surface area contributed by atoms with E-state index in [4.69, 9.17) is 27.4 Å². The van der Waals surface area contributed by atoms with Gasteiger partial charge in [-0.15, -0.1) is 12.6 Å². The number of carbonyl (C=O) groups excluding carboxylic acids is 1. The highest BCUT2D eigenvalue weighted by atomic mass is 32.1. The summed E-state index contributed by atoms with van der Waals surface area (Å²) in [6.45, 7) is -0.865. The topological polar surface area (TPSA) is 168 Å². The second-order valence-corrected chi connectivity index (χ2v) is 6.73. The first-order chi connectivity index (χ1) is 12.5. The molecule has 10 heteroatoms. The maximum atomic E-state index is 12.5. The van der Waals surface area contributed by atoms with Crippen molar-refractivity contribution < 1.29 is 36.1 Å². The predicted molar refractivity (Wildman–Crippen MR) is 94.0 cm³/mol. The normalized spacial score (nSPS) is 36.7. The van der Waals surface area contributed by atoms with E-state index in [-0.39, 0.29) is 5.56 Å². The Morgan fingerprint density at radius 1 is 1.42 bits per heavy atom. The minimum absolute atomic E-state index is 0.105. The molecule has 0 amide bonds. The van der Waals surface area contributed by atoms with Crippen molar-refractivity contribution in [2.45, 2.75) is 40.9 Å². The molecule has 2 unspecified atom stereocenters. The summed E-state index contributed by atoms with van der Waals surface area (Å²) in [7, 11) is 1.03. The standard InChI is InChI=1S/C16H24N2O7S/c1-24-14(23)16(26)10(8-5-3-2-4-6-8)12(22)15(17,18)13(25-16)11(21)9(20)7-19/h2-6,9-13,19-22,26H,7,17-18H2,1H3/t9-,10?,11-,12+,13+,16?/m1/s1/i10D. The molecular formula is C16H24N2O7S. The molecule has 9 nitrogen and oxygen atoms in total. The van der Waals surface area contributed by atoms with Gasteiger partial charge in [0.2, 0.25) is 4.93 Å². The molecule has 1 aromatic rings. The summed E-state index contributed by atoms with van der Waals surface area (Å²) in [4.78, 5) is 10.1. The van der Waals surface area contributed by atoms with Crippen LogP contribution in [-0.4, -0.2) is 75.1 Å². The Labute approximate surface area is 157 Å². The van der Waals surface area contributed by atoms with E-state index in [0.29, 0.717) is 0 Å². The summed E-state index contributed by atoms with van der Waals surface area (Å²) in [5, 5.41) is 40.0. The molecule has 1 aromatic carbocycles. The number of hydrogen-bond acceptors (Lipinski definition) is 10. The van der Waals surface area contributed by atoms with Crippen molar-refractivity contribution in [2.24, 2.45) is 11.5 Å². The fraction of sp³-hybridized carbons (Fsp3) is 0.562. The Hall–Kier alpha value is -1.24. The van der Waals surface area contributed by atoms with E-state index in [2.05, 4.69) is 12.6 Å². The quantitative estimate of drug-likeness (QED) is 0.166. The van der Waals surface area contributed by atoms with Crippen molar-refractivity contribution in [3.8, 4) is 0 Å². The Bertz CT molecular complexity index is 682. The van der Waals surface area contributed by atoms with Crippen molar-refractivity contribution in [2.75, 3.05) is 13.7 Å². The number of aliphatic hydroxyl groups excluding tert-OH is 4.